The third-order valence-corrected chi connectivity index (χ3v) is 6.99. The molecule has 0 aliphatic heterocycles. The fourth-order valence-corrected chi connectivity index (χ4v) is 4.70. The van der Waals surface area contributed by atoms with Gasteiger partial charge in [0.1, 0.15) is 0 Å². The van der Waals surface area contributed by atoms with E-state index in [9.17, 15) is 0 Å². The van der Waals surface area contributed by atoms with Gasteiger partial charge in [0.2, 0.25) is 0 Å². The van der Waals surface area contributed by atoms with Gasteiger partial charge >= 0.3 is 0 Å². The van der Waals surface area contributed by atoms with Gasteiger partial charge in [-0.1, -0.05) is 58.0 Å². The third kappa shape index (κ3) is 3.70. The van der Waals surface area contributed by atoms with Crippen LogP contribution in [-0.2, 0) is 6.54 Å². The van der Waals surface area contributed by atoms with Gasteiger partial charge in [0.15, 0.2) is 0 Å². The molecule has 1 N–H and O–H groups in total. The first-order chi connectivity index (χ1) is 11.0. The predicted molar refractivity (Wildman–Crippen MR) is 102 cm³/mol. The van der Waals surface area contributed by atoms with Gasteiger partial charge in [0.25, 0.3) is 0 Å². The molecule has 0 amide bonds. The lowest BCUT2D eigenvalue weighted by Gasteiger charge is -2.45. The van der Waals surface area contributed by atoms with E-state index >= 15 is 0 Å². The zero-order chi connectivity index (χ0) is 16.4. The number of benzene rings is 1. The van der Waals surface area contributed by atoms with E-state index in [-0.39, 0.29) is 0 Å². The van der Waals surface area contributed by atoms with Crippen molar-refractivity contribution in [2.24, 2.45) is 17.3 Å². The largest absolute Gasteiger partial charge is 0.309 e. The summed E-state index contributed by atoms with van der Waals surface area (Å²) in [5, 5.41) is 6.11. The Labute approximate surface area is 145 Å². The first-order valence-electron chi connectivity index (χ1n) is 8.83. The molecule has 3 rings (SSSR count). The fourth-order valence-electron chi connectivity index (χ4n) is 3.85. The van der Waals surface area contributed by atoms with E-state index in [4.69, 9.17) is 0 Å². The van der Waals surface area contributed by atoms with E-state index in [1.165, 1.54) is 28.8 Å². The second kappa shape index (κ2) is 6.78. The maximum atomic E-state index is 3.83. The summed E-state index contributed by atoms with van der Waals surface area (Å²) < 4.78 is 0. The van der Waals surface area contributed by atoms with Crippen molar-refractivity contribution in [2.45, 2.75) is 53.1 Å². The third-order valence-electron chi connectivity index (χ3n) is 6.06. The number of nitrogens with one attached hydrogen (secondary N) is 1. The van der Waals surface area contributed by atoms with Crippen LogP contribution < -0.4 is 5.32 Å². The average Bonchev–Trinajstić information content (AvgIpc) is 3.02. The van der Waals surface area contributed by atoms with Crippen molar-refractivity contribution >= 4 is 11.3 Å². The zero-order valence-electron chi connectivity index (χ0n) is 14.8. The number of rotatable bonds is 4. The lowest BCUT2D eigenvalue weighted by atomic mass is 9.63. The molecule has 23 heavy (non-hydrogen) atoms. The molecule has 0 radical (unpaired) electrons. The van der Waals surface area contributed by atoms with E-state index < -0.39 is 0 Å². The number of thiophene rings is 1. The Morgan fingerprint density at radius 1 is 1.13 bits per heavy atom. The molecule has 0 bridgehead atoms. The van der Waals surface area contributed by atoms with Crippen LogP contribution in [0.2, 0.25) is 0 Å². The molecule has 1 nitrogen and oxygen atoms in total. The highest BCUT2D eigenvalue weighted by Crippen LogP contribution is 2.43. The summed E-state index contributed by atoms with van der Waals surface area (Å²) in [6, 6.07) is 13.7. The monoisotopic (exact) mass is 327 g/mol. The minimum absolute atomic E-state index is 0.487. The van der Waals surface area contributed by atoms with Crippen molar-refractivity contribution in [3.8, 4) is 11.1 Å². The SMILES string of the molecule is CC1[C@@H](C)[C@H](NCc2cc(-c3ccccc3)cs2)CCC1(C)C. The molecule has 1 aromatic heterocycles. The number of hydrogen-bond acceptors (Lipinski definition) is 2. The van der Waals surface area contributed by atoms with E-state index in [0.717, 1.165) is 18.4 Å². The Bertz CT molecular complexity index is 628. The normalized spacial score (nSPS) is 27.0. The van der Waals surface area contributed by atoms with Crippen molar-refractivity contribution < 1.29 is 0 Å². The molecule has 1 unspecified atom stereocenters. The van der Waals surface area contributed by atoms with Crippen LogP contribution in [0.1, 0.15) is 45.4 Å². The molecule has 1 aromatic carbocycles. The molecule has 2 aromatic rings. The van der Waals surface area contributed by atoms with Crippen molar-refractivity contribution in [2.75, 3.05) is 0 Å². The van der Waals surface area contributed by atoms with Crippen molar-refractivity contribution in [3.05, 3.63) is 46.7 Å². The lowest BCUT2D eigenvalue weighted by Crippen LogP contribution is -2.46. The van der Waals surface area contributed by atoms with Crippen LogP contribution in [0.4, 0.5) is 0 Å². The molecule has 2 heteroatoms. The Kier molecular flexibility index (Phi) is 4.93. The highest BCUT2D eigenvalue weighted by molar-refractivity contribution is 7.10. The van der Waals surface area contributed by atoms with Crippen molar-refractivity contribution in [1.29, 1.82) is 0 Å². The lowest BCUT2D eigenvalue weighted by molar-refractivity contribution is 0.0685. The summed E-state index contributed by atoms with van der Waals surface area (Å²) in [4.78, 5) is 1.44. The van der Waals surface area contributed by atoms with Gasteiger partial charge in [-0.05, 0) is 52.7 Å². The topological polar surface area (TPSA) is 12.0 Å². The zero-order valence-corrected chi connectivity index (χ0v) is 15.6. The van der Waals surface area contributed by atoms with Crippen LogP contribution >= 0.6 is 11.3 Å². The molecule has 1 saturated carbocycles. The first-order valence-corrected chi connectivity index (χ1v) is 9.71. The maximum absolute atomic E-state index is 3.83. The summed E-state index contributed by atoms with van der Waals surface area (Å²) >= 11 is 1.87. The van der Waals surface area contributed by atoms with E-state index in [1.54, 1.807) is 0 Å². The van der Waals surface area contributed by atoms with Crippen LogP contribution in [0.25, 0.3) is 11.1 Å². The minimum atomic E-state index is 0.487. The molecule has 3 atom stereocenters. The van der Waals surface area contributed by atoms with E-state index in [0.29, 0.717) is 11.5 Å². The highest BCUT2D eigenvalue weighted by atomic mass is 32.1. The summed E-state index contributed by atoms with van der Waals surface area (Å²) in [7, 11) is 0. The van der Waals surface area contributed by atoms with Gasteiger partial charge in [-0.2, -0.15) is 0 Å². The maximum Gasteiger partial charge on any atom is 0.0302 e. The van der Waals surface area contributed by atoms with Crippen LogP contribution in [0.3, 0.4) is 0 Å². The molecule has 0 spiro atoms. The molecule has 1 aliphatic rings. The van der Waals surface area contributed by atoms with Crippen molar-refractivity contribution in [3.63, 3.8) is 0 Å². The van der Waals surface area contributed by atoms with Gasteiger partial charge in [-0.3, -0.25) is 0 Å². The first kappa shape index (κ1) is 16.7. The van der Waals surface area contributed by atoms with Gasteiger partial charge in [-0.25, -0.2) is 0 Å². The minimum Gasteiger partial charge on any atom is -0.309 e. The summed E-state index contributed by atoms with van der Waals surface area (Å²) in [5.74, 6) is 1.52. The van der Waals surface area contributed by atoms with E-state index in [2.05, 4.69) is 74.8 Å². The van der Waals surface area contributed by atoms with E-state index in [1.807, 2.05) is 11.3 Å². The summed E-state index contributed by atoms with van der Waals surface area (Å²) in [6.07, 6.45) is 2.63. The summed E-state index contributed by atoms with van der Waals surface area (Å²) in [5.41, 5.74) is 3.15. The molecular weight excluding hydrogens is 298 g/mol. The van der Waals surface area contributed by atoms with Gasteiger partial charge in [0, 0.05) is 17.5 Å². The molecular formula is C21H29NS. The van der Waals surface area contributed by atoms with Crippen molar-refractivity contribution in [1.82, 2.24) is 5.32 Å². The molecule has 1 fully saturated rings. The Balaban J connectivity index is 1.60. The van der Waals surface area contributed by atoms with Crippen LogP contribution in [0.15, 0.2) is 41.8 Å². The van der Waals surface area contributed by atoms with Crippen LogP contribution in [-0.4, -0.2) is 6.04 Å². The smallest absolute Gasteiger partial charge is 0.0302 e. The van der Waals surface area contributed by atoms with Gasteiger partial charge in [-0.15, -0.1) is 11.3 Å². The second-order valence-electron chi connectivity index (χ2n) is 7.83. The van der Waals surface area contributed by atoms with Gasteiger partial charge in [0.05, 0.1) is 0 Å². The molecule has 124 valence electrons. The molecule has 1 heterocycles. The van der Waals surface area contributed by atoms with Crippen LogP contribution in [0.5, 0.6) is 0 Å². The molecule has 0 saturated heterocycles. The molecule has 1 aliphatic carbocycles. The highest BCUT2D eigenvalue weighted by Gasteiger charge is 2.38. The quantitative estimate of drug-likeness (QED) is 0.730. The van der Waals surface area contributed by atoms with Gasteiger partial charge < -0.3 is 5.32 Å². The standard InChI is InChI=1S/C21H29NS/c1-15-16(2)21(3,4)11-10-20(15)22-13-19-12-18(14-23-19)17-8-6-5-7-9-17/h5-9,12,14-16,20,22H,10-11,13H2,1-4H3/t15-,16?,20-/m1/s1. The Morgan fingerprint density at radius 3 is 2.61 bits per heavy atom. The average molecular weight is 328 g/mol. The Morgan fingerprint density at radius 2 is 1.87 bits per heavy atom. The Hall–Kier alpha value is -1.12. The summed E-state index contributed by atoms with van der Waals surface area (Å²) in [6.45, 7) is 10.7. The second-order valence-corrected chi connectivity index (χ2v) is 8.83. The van der Waals surface area contributed by atoms with Crippen LogP contribution in [0, 0.1) is 17.3 Å². The number of hydrogen-bond donors (Lipinski definition) is 1. The fraction of sp³-hybridized carbons (Fsp3) is 0.524. The predicted octanol–water partition coefficient (Wildman–Crippen LogP) is 5.97.